The van der Waals surface area contributed by atoms with Crippen molar-refractivity contribution >= 4 is 31.4 Å². The molecule has 248 valence electrons. The number of hydrogen-bond donors (Lipinski definition) is 0. The van der Waals surface area contributed by atoms with Gasteiger partial charge in [-0.25, -0.2) is 0 Å². The Bertz CT molecular complexity index is 2200. The molecule has 3 aliphatic rings. The number of fused-ring (bicyclic) bond motifs is 2. The molecule has 1 fully saturated rings. The second kappa shape index (κ2) is 11.6. The SMILES string of the molecule is Cc1ccc(C2=Cc3c(cc(C)c(C)c3-c3ccccc3)C2[Si]2(C3C(c4ccc(C)o4)=Cc4c3cc(C)c(C)c4-c3ccccc3)CCC2)o1. The Labute approximate surface area is 297 Å². The molecule has 2 nitrogen and oxygen atoms in total. The maximum atomic E-state index is 6.58. The fraction of sp³-hybridized carbons (Fsp3) is 0.234. The van der Waals surface area contributed by atoms with Crippen LogP contribution in [0.4, 0.5) is 0 Å². The summed E-state index contributed by atoms with van der Waals surface area (Å²) in [5, 5.41) is 0. The van der Waals surface area contributed by atoms with Gasteiger partial charge in [-0.3, -0.25) is 0 Å². The van der Waals surface area contributed by atoms with Gasteiger partial charge in [0.2, 0.25) is 0 Å². The predicted octanol–water partition coefficient (Wildman–Crippen LogP) is 13.0. The fourth-order valence-electron chi connectivity index (χ4n) is 9.65. The van der Waals surface area contributed by atoms with E-state index in [1.807, 2.05) is 0 Å². The van der Waals surface area contributed by atoms with Crippen LogP contribution in [0.3, 0.4) is 0 Å². The molecule has 0 bridgehead atoms. The molecule has 2 atom stereocenters. The third kappa shape index (κ3) is 4.59. The standard InChI is InChI=1S/C47H44O2Si/c1-28-24-38-36(44(32(28)5)34-14-9-7-10-15-34)26-40(42-20-18-30(3)48-42)46(38)50(22-13-23-50)47-39-25-29(2)33(6)45(35-16-11-8-12-17-35)37(39)27-41(47)43-21-19-31(4)49-43/h7-12,14-21,24-27,46-47H,13,22-23H2,1-6H3. The lowest BCUT2D eigenvalue weighted by atomic mass is 9.89. The Morgan fingerprint density at radius 3 is 1.28 bits per heavy atom. The highest BCUT2D eigenvalue weighted by atomic mass is 28.3. The molecule has 2 unspecified atom stereocenters. The van der Waals surface area contributed by atoms with Gasteiger partial charge in [-0.05, 0) is 145 Å². The third-order valence-corrected chi connectivity index (χ3v) is 18.4. The average molecular weight is 669 g/mol. The summed E-state index contributed by atoms with van der Waals surface area (Å²) in [7, 11) is -2.24. The molecule has 0 spiro atoms. The zero-order valence-corrected chi connectivity index (χ0v) is 31.0. The molecule has 0 radical (unpaired) electrons. The summed E-state index contributed by atoms with van der Waals surface area (Å²) in [5.74, 6) is 3.98. The molecule has 0 N–H and O–H groups in total. The zero-order valence-electron chi connectivity index (χ0n) is 30.0. The van der Waals surface area contributed by atoms with Gasteiger partial charge in [-0.2, -0.15) is 0 Å². The number of allylic oxidation sites excluding steroid dienone is 2. The predicted molar refractivity (Wildman–Crippen MR) is 211 cm³/mol. The number of aryl methyl sites for hydroxylation is 4. The van der Waals surface area contributed by atoms with E-state index in [0.29, 0.717) is 11.1 Å². The quantitative estimate of drug-likeness (QED) is 0.165. The number of hydrogen-bond acceptors (Lipinski definition) is 2. The van der Waals surface area contributed by atoms with Crippen molar-refractivity contribution in [3.05, 3.63) is 165 Å². The summed E-state index contributed by atoms with van der Waals surface area (Å²) in [4.78, 5) is 0. The van der Waals surface area contributed by atoms with Gasteiger partial charge in [0.1, 0.15) is 23.0 Å². The first-order valence-electron chi connectivity index (χ1n) is 18.2. The van der Waals surface area contributed by atoms with Crippen molar-refractivity contribution in [3.8, 4) is 22.3 Å². The number of rotatable bonds is 6. The van der Waals surface area contributed by atoms with Crippen molar-refractivity contribution in [3.63, 3.8) is 0 Å². The van der Waals surface area contributed by atoms with E-state index in [9.17, 15) is 0 Å². The summed E-state index contributed by atoms with van der Waals surface area (Å²) < 4.78 is 13.2. The Kier molecular flexibility index (Phi) is 7.23. The minimum Gasteiger partial charge on any atom is -0.462 e. The van der Waals surface area contributed by atoms with Gasteiger partial charge >= 0.3 is 0 Å². The number of furan rings is 2. The highest BCUT2D eigenvalue weighted by Crippen LogP contribution is 2.65. The Balaban J connectivity index is 1.33. The Hall–Kier alpha value is -4.86. The average Bonchev–Trinajstić information content (AvgIpc) is 3.89. The zero-order chi connectivity index (χ0) is 34.3. The second-order valence-electron chi connectivity index (χ2n) is 15.1. The fourth-order valence-corrected chi connectivity index (χ4v) is 15.7. The molecular formula is C47H44O2Si. The van der Waals surface area contributed by atoms with Crippen molar-refractivity contribution in [2.45, 2.75) is 71.1 Å². The van der Waals surface area contributed by atoms with E-state index in [4.69, 9.17) is 8.83 Å². The molecule has 50 heavy (non-hydrogen) atoms. The van der Waals surface area contributed by atoms with Crippen LogP contribution in [-0.2, 0) is 0 Å². The van der Waals surface area contributed by atoms with Crippen LogP contribution in [0.1, 0.15) is 85.1 Å². The van der Waals surface area contributed by atoms with E-state index in [-0.39, 0.29) is 0 Å². The van der Waals surface area contributed by atoms with E-state index in [1.54, 1.807) is 0 Å². The largest absolute Gasteiger partial charge is 0.462 e. The normalized spacial score (nSPS) is 18.8. The molecule has 3 heteroatoms. The van der Waals surface area contributed by atoms with E-state index < -0.39 is 8.07 Å². The lowest BCUT2D eigenvalue weighted by molar-refractivity contribution is 0.518. The minimum absolute atomic E-state index is 0.302. The summed E-state index contributed by atoms with van der Waals surface area (Å²) in [6.45, 7) is 13.4. The lowest BCUT2D eigenvalue weighted by Crippen LogP contribution is -2.53. The molecule has 2 aliphatic carbocycles. The summed E-state index contributed by atoms with van der Waals surface area (Å²) in [6, 6.07) is 38.4. The van der Waals surface area contributed by atoms with Crippen LogP contribution in [0.2, 0.25) is 12.1 Å². The highest BCUT2D eigenvalue weighted by molar-refractivity contribution is 6.88. The van der Waals surface area contributed by atoms with E-state index in [0.717, 1.165) is 23.0 Å². The van der Waals surface area contributed by atoms with Gasteiger partial charge in [0.15, 0.2) is 0 Å². The first-order valence-corrected chi connectivity index (χ1v) is 20.8. The van der Waals surface area contributed by atoms with Gasteiger partial charge < -0.3 is 8.83 Å². The summed E-state index contributed by atoms with van der Waals surface area (Å²) in [5.41, 5.74) is 19.9. The maximum Gasteiger partial charge on any atom is 0.130 e. The van der Waals surface area contributed by atoms with Gasteiger partial charge in [-0.1, -0.05) is 91.3 Å². The molecule has 2 aromatic heterocycles. The molecule has 1 saturated heterocycles. The van der Waals surface area contributed by atoms with Crippen molar-refractivity contribution in [2.75, 3.05) is 0 Å². The first-order chi connectivity index (χ1) is 24.2. The molecule has 4 aromatic carbocycles. The van der Waals surface area contributed by atoms with Crippen LogP contribution >= 0.6 is 0 Å². The Morgan fingerprint density at radius 1 is 0.520 bits per heavy atom. The summed E-state index contributed by atoms with van der Waals surface area (Å²) in [6.07, 6.45) is 6.31. The van der Waals surface area contributed by atoms with Crippen LogP contribution in [0, 0.1) is 41.5 Å². The van der Waals surface area contributed by atoms with Crippen LogP contribution in [-0.4, -0.2) is 8.07 Å². The second-order valence-corrected chi connectivity index (χ2v) is 19.7. The van der Waals surface area contributed by atoms with Crippen LogP contribution in [0.5, 0.6) is 0 Å². The van der Waals surface area contributed by atoms with Crippen LogP contribution in [0.15, 0.2) is 106 Å². The van der Waals surface area contributed by atoms with Crippen molar-refractivity contribution in [2.24, 2.45) is 0 Å². The molecule has 0 saturated carbocycles. The molecular weight excluding hydrogens is 625 g/mol. The smallest absolute Gasteiger partial charge is 0.130 e. The monoisotopic (exact) mass is 668 g/mol. The highest BCUT2D eigenvalue weighted by Gasteiger charge is 2.59. The number of benzene rings is 4. The first kappa shape index (κ1) is 31.1. The van der Waals surface area contributed by atoms with E-state index in [1.165, 1.54) is 96.4 Å². The van der Waals surface area contributed by atoms with Gasteiger partial charge in [-0.15, -0.1) is 0 Å². The topological polar surface area (TPSA) is 26.3 Å². The van der Waals surface area contributed by atoms with Gasteiger partial charge in [0, 0.05) is 22.2 Å². The maximum absolute atomic E-state index is 6.58. The third-order valence-electron chi connectivity index (χ3n) is 12.3. The molecule has 3 heterocycles. The molecule has 9 rings (SSSR count). The van der Waals surface area contributed by atoms with Gasteiger partial charge in [0.05, 0.1) is 8.07 Å². The van der Waals surface area contributed by atoms with Crippen molar-refractivity contribution in [1.82, 2.24) is 0 Å². The lowest BCUT2D eigenvalue weighted by Gasteiger charge is -2.51. The van der Waals surface area contributed by atoms with Crippen molar-refractivity contribution in [1.29, 1.82) is 0 Å². The molecule has 0 amide bonds. The molecule has 6 aromatic rings. The minimum atomic E-state index is -2.24. The molecule has 1 aliphatic heterocycles. The summed E-state index contributed by atoms with van der Waals surface area (Å²) >= 11 is 0. The van der Waals surface area contributed by atoms with Crippen LogP contribution in [0.25, 0.3) is 45.6 Å². The van der Waals surface area contributed by atoms with Crippen molar-refractivity contribution < 1.29 is 8.83 Å². The Morgan fingerprint density at radius 2 is 0.940 bits per heavy atom. The van der Waals surface area contributed by atoms with Gasteiger partial charge in [0.25, 0.3) is 0 Å². The van der Waals surface area contributed by atoms with E-state index in [2.05, 4.69) is 151 Å². The van der Waals surface area contributed by atoms with E-state index >= 15 is 0 Å². The van der Waals surface area contributed by atoms with Crippen LogP contribution < -0.4 is 0 Å².